The van der Waals surface area contributed by atoms with Crippen molar-refractivity contribution < 1.29 is 10.0 Å². The summed E-state index contributed by atoms with van der Waals surface area (Å²) in [5, 5.41) is 26.3. The van der Waals surface area contributed by atoms with Crippen LogP contribution in [-0.4, -0.2) is 28.7 Å². The van der Waals surface area contributed by atoms with Crippen molar-refractivity contribution in [2.75, 3.05) is 17.2 Å². The van der Waals surface area contributed by atoms with E-state index < -0.39 is 4.92 Å². The van der Waals surface area contributed by atoms with E-state index in [2.05, 4.69) is 10.6 Å². The predicted octanol–water partition coefficient (Wildman–Crippen LogP) is 1.96. The number of nitro benzene ring substituents is 1. The van der Waals surface area contributed by atoms with Crippen LogP contribution in [0.1, 0.15) is 19.8 Å². The molecule has 0 saturated heterocycles. The molecule has 0 amide bonds. The molecule has 1 aliphatic rings. The summed E-state index contributed by atoms with van der Waals surface area (Å²) in [4.78, 5) is 10.4. The summed E-state index contributed by atoms with van der Waals surface area (Å²) in [5.74, 6) is 0. The molecule has 6 heteroatoms. The number of non-ortho nitro benzene ring substituents is 1. The van der Waals surface area contributed by atoms with Crippen LogP contribution in [0.5, 0.6) is 0 Å². The van der Waals surface area contributed by atoms with Gasteiger partial charge in [-0.05, 0) is 25.8 Å². The monoisotopic (exact) mass is 251 g/mol. The summed E-state index contributed by atoms with van der Waals surface area (Å²) in [6.45, 7) is 2.65. The van der Waals surface area contributed by atoms with Gasteiger partial charge in [0, 0.05) is 36.1 Å². The van der Waals surface area contributed by atoms with Crippen molar-refractivity contribution in [2.24, 2.45) is 0 Å². The van der Waals surface area contributed by atoms with Gasteiger partial charge < -0.3 is 15.7 Å². The van der Waals surface area contributed by atoms with E-state index in [1.165, 1.54) is 12.1 Å². The first-order valence-corrected chi connectivity index (χ1v) is 6.06. The lowest BCUT2D eigenvalue weighted by Gasteiger charge is -2.32. The Morgan fingerprint density at radius 2 is 2.06 bits per heavy atom. The number of aliphatic hydroxyl groups excluding tert-OH is 1. The van der Waals surface area contributed by atoms with Gasteiger partial charge in [-0.1, -0.05) is 0 Å². The number of nitrogens with zero attached hydrogens (tertiary/aromatic N) is 1. The van der Waals surface area contributed by atoms with Crippen molar-refractivity contribution in [1.82, 2.24) is 0 Å². The molecule has 0 atom stereocenters. The van der Waals surface area contributed by atoms with E-state index in [-0.39, 0.29) is 17.8 Å². The molecule has 3 N–H and O–H groups in total. The fourth-order valence-electron chi connectivity index (χ4n) is 2.05. The second-order valence-corrected chi connectivity index (χ2v) is 4.52. The number of rotatable bonds is 5. The van der Waals surface area contributed by atoms with Gasteiger partial charge in [0.15, 0.2) is 0 Å². The number of nitro groups is 1. The van der Waals surface area contributed by atoms with E-state index >= 15 is 0 Å². The number of aliphatic hydroxyl groups is 1. The number of hydrogen-bond donors (Lipinski definition) is 3. The molecule has 0 aromatic heterocycles. The van der Waals surface area contributed by atoms with Crippen LogP contribution in [0, 0.1) is 10.1 Å². The van der Waals surface area contributed by atoms with Crippen LogP contribution >= 0.6 is 0 Å². The third-order valence-corrected chi connectivity index (χ3v) is 2.99. The number of benzene rings is 1. The standard InChI is InChI=1S/C12H17N3O3/c1-2-13-8-3-9(5-11(4-8)15(17)18)14-10-6-12(16)7-10/h3-5,10,12-14,16H,2,6-7H2,1H3. The number of anilines is 2. The second-order valence-electron chi connectivity index (χ2n) is 4.52. The Balaban J connectivity index is 2.14. The molecule has 1 aromatic rings. The molecule has 98 valence electrons. The molecule has 1 fully saturated rings. The fourth-order valence-corrected chi connectivity index (χ4v) is 2.05. The SMILES string of the molecule is CCNc1cc(NC2CC(O)C2)cc([N+](=O)[O-])c1. The lowest BCUT2D eigenvalue weighted by Crippen LogP contribution is -2.38. The Bertz CT molecular complexity index is 444. The Labute approximate surface area is 105 Å². The molecule has 1 aliphatic carbocycles. The molecule has 0 unspecified atom stereocenters. The topological polar surface area (TPSA) is 87.4 Å². The van der Waals surface area contributed by atoms with Gasteiger partial charge in [0.25, 0.3) is 5.69 Å². The number of hydrogen-bond acceptors (Lipinski definition) is 5. The maximum atomic E-state index is 10.8. The number of nitrogens with one attached hydrogen (secondary N) is 2. The normalized spacial score (nSPS) is 22.1. The first-order chi connectivity index (χ1) is 8.58. The van der Waals surface area contributed by atoms with Gasteiger partial charge >= 0.3 is 0 Å². The average molecular weight is 251 g/mol. The van der Waals surface area contributed by atoms with Crippen LogP contribution in [0.25, 0.3) is 0 Å². The van der Waals surface area contributed by atoms with E-state index in [0.29, 0.717) is 19.4 Å². The lowest BCUT2D eigenvalue weighted by molar-refractivity contribution is -0.384. The van der Waals surface area contributed by atoms with E-state index in [1.54, 1.807) is 0 Å². The average Bonchev–Trinajstić information content (AvgIpc) is 2.27. The summed E-state index contributed by atoms with van der Waals surface area (Å²) in [5.41, 5.74) is 1.52. The van der Waals surface area contributed by atoms with Gasteiger partial charge in [-0.25, -0.2) is 0 Å². The second kappa shape index (κ2) is 5.22. The summed E-state index contributed by atoms with van der Waals surface area (Å²) in [6.07, 6.45) is 1.15. The fraction of sp³-hybridized carbons (Fsp3) is 0.500. The van der Waals surface area contributed by atoms with Gasteiger partial charge in [0.05, 0.1) is 11.0 Å². The molecule has 1 aromatic carbocycles. The molecule has 18 heavy (non-hydrogen) atoms. The maximum absolute atomic E-state index is 10.8. The molecule has 0 heterocycles. The van der Waals surface area contributed by atoms with Crippen molar-refractivity contribution in [3.8, 4) is 0 Å². The highest BCUT2D eigenvalue weighted by Crippen LogP contribution is 2.28. The highest BCUT2D eigenvalue weighted by atomic mass is 16.6. The van der Waals surface area contributed by atoms with Crippen LogP contribution in [-0.2, 0) is 0 Å². The molecule has 0 spiro atoms. The molecule has 2 rings (SSSR count). The lowest BCUT2D eigenvalue weighted by atomic mass is 9.89. The zero-order chi connectivity index (χ0) is 13.1. The van der Waals surface area contributed by atoms with Gasteiger partial charge in [-0.2, -0.15) is 0 Å². The van der Waals surface area contributed by atoms with Gasteiger partial charge in [0.1, 0.15) is 0 Å². The van der Waals surface area contributed by atoms with Gasteiger partial charge in [-0.3, -0.25) is 10.1 Å². The Morgan fingerprint density at radius 1 is 1.39 bits per heavy atom. The van der Waals surface area contributed by atoms with Crippen molar-refractivity contribution in [1.29, 1.82) is 0 Å². The Kier molecular flexibility index (Phi) is 3.66. The predicted molar refractivity (Wildman–Crippen MR) is 69.9 cm³/mol. The van der Waals surface area contributed by atoms with Crippen LogP contribution in [0.3, 0.4) is 0 Å². The third kappa shape index (κ3) is 2.89. The highest BCUT2D eigenvalue weighted by Gasteiger charge is 2.27. The molecular weight excluding hydrogens is 234 g/mol. The summed E-state index contributed by atoms with van der Waals surface area (Å²) in [7, 11) is 0. The zero-order valence-electron chi connectivity index (χ0n) is 10.2. The van der Waals surface area contributed by atoms with Crippen LogP contribution in [0.4, 0.5) is 17.1 Å². The largest absolute Gasteiger partial charge is 0.393 e. The smallest absolute Gasteiger partial charge is 0.273 e. The molecule has 0 radical (unpaired) electrons. The molecule has 0 aliphatic heterocycles. The first kappa shape index (κ1) is 12.6. The minimum Gasteiger partial charge on any atom is -0.393 e. The summed E-state index contributed by atoms with van der Waals surface area (Å²) >= 11 is 0. The van der Waals surface area contributed by atoms with E-state index in [4.69, 9.17) is 0 Å². The third-order valence-electron chi connectivity index (χ3n) is 2.99. The Morgan fingerprint density at radius 3 is 2.61 bits per heavy atom. The van der Waals surface area contributed by atoms with Crippen LogP contribution < -0.4 is 10.6 Å². The van der Waals surface area contributed by atoms with Crippen LogP contribution in [0.15, 0.2) is 18.2 Å². The first-order valence-electron chi connectivity index (χ1n) is 6.06. The van der Waals surface area contributed by atoms with Crippen LogP contribution in [0.2, 0.25) is 0 Å². The van der Waals surface area contributed by atoms with Crippen molar-refractivity contribution in [3.05, 3.63) is 28.3 Å². The molecule has 1 saturated carbocycles. The zero-order valence-corrected chi connectivity index (χ0v) is 10.2. The van der Waals surface area contributed by atoms with Gasteiger partial charge in [0.2, 0.25) is 0 Å². The summed E-state index contributed by atoms with van der Waals surface area (Å²) < 4.78 is 0. The Hall–Kier alpha value is -1.82. The quantitative estimate of drug-likeness (QED) is 0.550. The van der Waals surface area contributed by atoms with Crippen molar-refractivity contribution in [3.63, 3.8) is 0 Å². The van der Waals surface area contributed by atoms with Crippen molar-refractivity contribution in [2.45, 2.75) is 31.9 Å². The summed E-state index contributed by atoms with van der Waals surface area (Å²) in [6, 6.07) is 5.09. The molecule has 6 nitrogen and oxygen atoms in total. The molecular formula is C12H17N3O3. The van der Waals surface area contributed by atoms with Crippen molar-refractivity contribution >= 4 is 17.1 Å². The van der Waals surface area contributed by atoms with E-state index in [9.17, 15) is 15.2 Å². The molecule has 0 bridgehead atoms. The highest BCUT2D eigenvalue weighted by molar-refractivity contribution is 5.63. The van der Waals surface area contributed by atoms with Gasteiger partial charge in [-0.15, -0.1) is 0 Å². The van der Waals surface area contributed by atoms with E-state index in [1.807, 2.05) is 13.0 Å². The van der Waals surface area contributed by atoms with E-state index in [0.717, 1.165) is 11.4 Å². The minimum atomic E-state index is -0.401. The minimum absolute atomic E-state index is 0.0656. The maximum Gasteiger partial charge on any atom is 0.273 e.